The van der Waals surface area contributed by atoms with Crippen LogP contribution < -0.4 is 0 Å². The highest BCUT2D eigenvalue weighted by Gasteiger charge is 2.70. The fraction of sp³-hybridized carbons (Fsp3) is 0.789. The average molecular weight is 577 g/mol. The molecule has 11 atom stereocenters. The van der Waals surface area contributed by atoms with Crippen molar-refractivity contribution in [3.05, 3.63) is 35.4 Å². The number of methoxy groups -OCH3 is 1. The van der Waals surface area contributed by atoms with Crippen LogP contribution in [0.25, 0.3) is 0 Å². The number of esters is 1. The lowest BCUT2D eigenvalue weighted by molar-refractivity contribution is -0.215. The van der Waals surface area contributed by atoms with E-state index in [4.69, 9.17) is 4.74 Å². The predicted molar refractivity (Wildman–Crippen MR) is 167 cm³/mol. The topological polar surface area (TPSA) is 63.6 Å². The van der Waals surface area contributed by atoms with Gasteiger partial charge in [-0.05, 0) is 145 Å². The van der Waals surface area contributed by atoms with Crippen molar-refractivity contribution < 1.29 is 19.4 Å². The molecule has 4 heteroatoms. The normalized spacial score (nSPS) is 45.7. The summed E-state index contributed by atoms with van der Waals surface area (Å²) >= 11 is 0. The minimum absolute atomic E-state index is 0.171. The van der Waals surface area contributed by atoms with E-state index in [0.29, 0.717) is 63.7 Å². The first-order valence-corrected chi connectivity index (χ1v) is 17.1. The molecule has 0 aliphatic heterocycles. The first kappa shape index (κ1) is 30.2. The molecule has 5 fully saturated rings. The Bertz CT molecular complexity index is 1220. The quantitative estimate of drug-likeness (QED) is 0.363. The molecule has 42 heavy (non-hydrogen) atoms. The molecule has 0 spiro atoms. The number of aliphatic carboxylic acids is 1. The summed E-state index contributed by atoms with van der Waals surface area (Å²) in [5.41, 5.74) is 2.25. The molecule has 0 bridgehead atoms. The number of fused-ring (bicyclic) bond motifs is 7. The Morgan fingerprint density at radius 3 is 2.17 bits per heavy atom. The van der Waals surface area contributed by atoms with Gasteiger partial charge in [0.25, 0.3) is 0 Å². The maximum atomic E-state index is 13.1. The standard InChI is InChI=1S/C38H56O4/c1-22(2)26-15-20-38(34(40)41)23(3)21-29-27(32(26)38)13-14-31-36(29,6)19-17-30-35(4,5)28(16-18-37(30,31)7)24-9-11-25(12-10-24)33(39)42-8/h9-12,22-23,26-32H,13-21H2,1-8H3,(H,40,41)/t23-,26+,27-,28-,29-,30+,31-,32-,36-,37+,38+/m1/s1. The highest BCUT2D eigenvalue weighted by atomic mass is 16.5. The van der Waals surface area contributed by atoms with Gasteiger partial charge in [0.05, 0.1) is 18.1 Å². The Morgan fingerprint density at radius 1 is 0.881 bits per heavy atom. The van der Waals surface area contributed by atoms with Gasteiger partial charge in [0.2, 0.25) is 0 Å². The molecule has 0 unspecified atom stereocenters. The molecule has 0 saturated heterocycles. The maximum absolute atomic E-state index is 13.1. The number of carbonyl (C=O) groups is 2. The van der Waals surface area contributed by atoms with E-state index < -0.39 is 11.4 Å². The summed E-state index contributed by atoms with van der Waals surface area (Å²) in [5, 5.41) is 10.8. The third-order valence-corrected chi connectivity index (χ3v) is 15.2. The summed E-state index contributed by atoms with van der Waals surface area (Å²) in [6.07, 6.45) is 10.6. The van der Waals surface area contributed by atoms with Gasteiger partial charge in [-0.2, -0.15) is 0 Å². The fourth-order valence-electron chi connectivity index (χ4n) is 13.4. The zero-order valence-electron chi connectivity index (χ0n) is 27.5. The SMILES string of the molecule is COC(=O)c1ccc([C@H]2CC[C@]3(C)[C@@H]4CC[C@H]5[C@H]6[C@H](C(C)C)CC[C@]6(C(=O)O)[C@H](C)C[C@H]5[C@@]4(C)CC[C@H]3C2(C)C)cc1. The molecule has 1 aromatic carbocycles. The third kappa shape index (κ3) is 3.97. The highest BCUT2D eigenvalue weighted by Crippen LogP contribution is 2.75. The highest BCUT2D eigenvalue weighted by molar-refractivity contribution is 5.89. The van der Waals surface area contributed by atoms with Crippen molar-refractivity contribution in [3.8, 4) is 0 Å². The van der Waals surface area contributed by atoms with E-state index in [2.05, 4.69) is 60.6 Å². The number of hydrogen-bond donors (Lipinski definition) is 1. The molecule has 1 aromatic rings. The van der Waals surface area contributed by atoms with Crippen LogP contribution in [-0.2, 0) is 9.53 Å². The molecule has 5 aliphatic carbocycles. The largest absolute Gasteiger partial charge is 0.481 e. The van der Waals surface area contributed by atoms with E-state index in [1.54, 1.807) is 0 Å². The van der Waals surface area contributed by atoms with Crippen molar-refractivity contribution in [1.29, 1.82) is 0 Å². The summed E-state index contributed by atoms with van der Waals surface area (Å²) in [6, 6.07) is 8.23. The number of rotatable bonds is 4. The second-order valence-corrected chi connectivity index (χ2v) is 17.0. The van der Waals surface area contributed by atoms with Crippen LogP contribution in [0, 0.1) is 69.0 Å². The average Bonchev–Trinajstić information content (AvgIpc) is 3.36. The van der Waals surface area contributed by atoms with Crippen LogP contribution in [0.3, 0.4) is 0 Å². The molecule has 5 aliphatic rings. The Labute approximate surface area is 254 Å². The van der Waals surface area contributed by atoms with Crippen molar-refractivity contribution in [3.63, 3.8) is 0 Å². The maximum Gasteiger partial charge on any atom is 0.337 e. The van der Waals surface area contributed by atoms with Gasteiger partial charge in [-0.1, -0.05) is 60.6 Å². The van der Waals surface area contributed by atoms with Gasteiger partial charge in [-0.15, -0.1) is 0 Å². The smallest absolute Gasteiger partial charge is 0.337 e. The second-order valence-electron chi connectivity index (χ2n) is 17.0. The molecule has 0 aromatic heterocycles. The van der Waals surface area contributed by atoms with Gasteiger partial charge in [-0.3, -0.25) is 4.79 Å². The first-order chi connectivity index (χ1) is 19.7. The second kappa shape index (κ2) is 10.1. The van der Waals surface area contributed by atoms with Gasteiger partial charge in [0.1, 0.15) is 0 Å². The molecular formula is C38H56O4. The molecular weight excluding hydrogens is 520 g/mol. The lowest BCUT2D eigenvalue weighted by Crippen LogP contribution is -2.64. The zero-order chi connectivity index (χ0) is 30.4. The van der Waals surface area contributed by atoms with Gasteiger partial charge in [0, 0.05) is 0 Å². The van der Waals surface area contributed by atoms with Crippen LogP contribution in [-0.4, -0.2) is 24.2 Å². The summed E-state index contributed by atoms with van der Waals surface area (Å²) in [5.74, 6) is 3.99. The van der Waals surface area contributed by atoms with Gasteiger partial charge in [-0.25, -0.2) is 4.79 Å². The van der Waals surface area contributed by atoms with Crippen molar-refractivity contribution in [2.75, 3.05) is 7.11 Å². The van der Waals surface area contributed by atoms with Crippen LogP contribution in [0.4, 0.5) is 0 Å². The Morgan fingerprint density at radius 2 is 1.55 bits per heavy atom. The lowest BCUT2D eigenvalue weighted by atomic mass is 9.34. The van der Waals surface area contributed by atoms with E-state index in [1.165, 1.54) is 51.2 Å². The van der Waals surface area contributed by atoms with Crippen LogP contribution in [0.5, 0.6) is 0 Å². The number of carbonyl (C=O) groups excluding carboxylic acids is 1. The Kier molecular flexibility index (Phi) is 7.26. The molecule has 0 radical (unpaired) electrons. The molecule has 6 rings (SSSR count). The van der Waals surface area contributed by atoms with Crippen LogP contribution >= 0.6 is 0 Å². The van der Waals surface area contributed by atoms with Crippen molar-refractivity contribution in [2.24, 2.45) is 69.0 Å². The van der Waals surface area contributed by atoms with Crippen molar-refractivity contribution >= 4 is 11.9 Å². The van der Waals surface area contributed by atoms with Gasteiger partial charge >= 0.3 is 11.9 Å². The lowest BCUT2D eigenvalue weighted by Gasteiger charge is -2.70. The van der Waals surface area contributed by atoms with E-state index in [9.17, 15) is 14.7 Å². The predicted octanol–water partition coefficient (Wildman–Crippen LogP) is 9.23. The monoisotopic (exact) mass is 576 g/mol. The zero-order valence-corrected chi connectivity index (χ0v) is 27.5. The van der Waals surface area contributed by atoms with Crippen LogP contribution in [0.15, 0.2) is 24.3 Å². The Balaban J connectivity index is 1.31. The number of hydrogen-bond acceptors (Lipinski definition) is 3. The molecule has 1 N–H and O–H groups in total. The van der Waals surface area contributed by atoms with E-state index in [0.717, 1.165) is 19.3 Å². The third-order valence-electron chi connectivity index (χ3n) is 15.2. The molecule has 232 valence electrons. The summed E-state index contributed by atoms with van der Waals surface area (Å²) in [7, 11) is 1.44. The summed E-state index contributed by atoms with van der Waals surface area (Å²) in [6.45, 7) is 17.4. The van der Waals surface area contributed by atoms with Crippen molar-refractivity contribution in [2.45, 2.75) is 112 Å². The van der Waals surface area contributed by atoms with Crippen molar-refractivity contribution in [1.82, 2.24) is 0 Å². The minimum Gasteiger partial charge on any atom is -0.481 e. The molecule has 0 amide bonds. The summed E-state index contributed by atoms with van der Waals surface area (Å²) < 4.78 is 4.94. The molecule has 5 saturated carbocycles. The summed E-state index contributed by atoms with van der Waals surface area (Å²) in [4.78, 5) is 25.1. The first-order valence-electron chi connectivity index (χ1n) is 17.1. The molecule has 4 nitrogen and oxygen atoms in total. The van der Waals surface area contributed by atoms with E-state index >= 15 is 0 Å². The number of carboxylic acids is 1. The number of carboxylic acid groups (broad SMARTS) is 1. The minimum atomic E-state index is -0.510. The molecule has 0 heterocycles. The van der Waals surface area contributed by atoms with Crippen LogP contribution in [0.1, 0.15) is 128 Å². The number of ether oxygens (including phenoxy) is 1. The fourth-order valence-corrected chi connectivity index (χ4v) is 13.4. The Hall–Kier alpha value is -1.84. The number of benzene rings is 1. The van der Waals surface area contributed by atoms with Gasteiger partial charge < -0.3 is 9.84 Å². The van der Waals surface area contributed by atoms with E-state index in [-0.39, 0.29) is 17.3 Å². The van der Waals surface area contributed by atoms with E-state index in [1.807, 2.05) is 12.1 Å². The van der Waals surface area contributed by atoms with Gasteiger partial charge in [0.15, 0.2) is 0 Å². The van der Waals surface area contributed by atoms with Crippen LogP contribution in [0.2, 0.25) is 0 Å².